The van der Waals surface area contributed by atoms with Crippen molar-refractivity contribution in [1.82, 2.24) is 0 Å². The average molecular weight is 205 g/mol. The number of nitrogens with two attached hydrogens (primary N) is 1. The van der Waals surface area contributed by atoms with Crippen molar-refractivity contribution in [3.8, 4) is 6.07 Å². The van der Waals surface area contributed by atoms with E-state index in [4.69, 9.17) is 11.0 Å². The van der Waals surface area contributed by atoms with E-state index in [-0.39, 0.29) is 28.3 Å². The number of Topliss-reactive ketones (excluding diaryl/α,β-unsaturated/α-hetero) is 1. The number of anilines is 1. The van der Waals surface area contributed by atoms with Crippen molar-refractivity contribution in [2.45, 2.75) is 6.92 Å². The predicted molar refractivity (Wildman–Crippen MR) is 52.2 cm³/mol. The molecular weight excluding hydrogens is 198 g/mol. The Bertz CT molecular complexity index is 488. The number of hydrogen-bond donors (Lipinski definition) is 1. The van der Waals surface area contributed by atoms with Gasteiger partial charge in [0.05, 0.1) is 10.5 Å². The van der Waals surface area contributed by atoms with Gasteiger partial charge in [0, 0.05) is 11.6 Å². The summed E-state index contributed by atoms with van der Waals surface area (Å²) in [5.41, 5.74) is 4.74. The minimum atomic E-state index is -0.694. The molecule has 0 bridgehead atoms. The molecule has 0 saturated heterocycles. The number of hydrogen-bond acceptors (Lipinski definition) is 5. The normalized spacial score (nSPS) is 9.33. The van der Waals surface area contributed by atoms with Crippen molar-refractivity contribution < 1.29 is 9.72 Å². The van der Waals surface area contributed by atoms with E-state index in [1.807, 2.05) is 0 Å². The van der Waals surface area contributed by atoms with E-state index >= 15 is 0 Å². The molecule has 15 heavy (non-hydrogen) atoms. The molecule has 0 aliphatic carbocycles. The van der Waals surface area contributed by atoms with E-state index in [0.29, 0.717) is 0 Å². The lowest BCUT2D eigenvalue weighted by Crippen LogP contribution is -2.04. The minimum absolute atomic E-state index is 0.0978. The van der Waals surface area contributed by atoms with Crippen molar-refractivity contribution in [1.29, 1.82) is 5.26 Å². The van der Waals surface area contributed by atoms with Gasteiger partial charge in [-0.25, -0.2) is 0 Å². The molecule has 0 unspecified atom stereocenters. The highest BCUT2D eigenvalue weighted by Gasteiger charge is 2.19. The molecule has 0 aromatic heterocycles. The van der Waals surface area contributed by atoms with E-state index < -0.39 is 4.92 Å². The monoisotopic (exact) mass is 205 g/mol. The van der Waals surface area contributed by atoms with Gasteiger partial charge >= 0.3 is 0 Å². The van der Waals surface area contributed by atoms with Crippen molar-refractivity contribution in [2.24, 2.45) is 0 Å². The fourth-order valence-corrected chi connectivity index (χ4v) is 1.18. The molecule has 0 amide bonds. The van der Waals surface area contributed by atoms with E-state index in [9.17, 15) is 14.9 Å². The number of benzene rings is 1. The molecule has 0 atom stereocenters. The molecule has 1 aromatic rings. The SMILES string of the molecule is CC(=O)c1ccc([N+](=O)[O-])c(N)c1C#N. The Labute approximate surface area is 85.1 Å². The summed E-state index contributed by atoms with van der Waals surface area (Å²) in [6.07, 6.45) is 0. The van der Waals surface area contributed by atoms with Crippen LogP contribution in [0.25, 0.3) is 0 Å². The van der Waals surface area contributed by atoms with Crippen LogP contribution in [0, 0.1) is 21.4 Å². The molecule has 0 aliphatic heterocycles. The number of carbonyl (C=O) groups is 1. The summed E-state index contributed by atoms with van der Waals surface area (Å²) < 4.78 is 0. The van der Waals surface area contributed by atoms with Gasteiger partial charge in [-0.05, 0) is 13.0 Å². The van der Waals surface area contributed by atoms with Gasteiger partial charge in [-0.3, -0.25) is 14.9 Å². The first kappa shape index (κ1) is 10.7. The lowest BCUT2D eigenvalue weighted by Gasteiger charge is -2.03. The van der Waals surface area contributed by atoms with Crippen molar-refractivity contribution in [3.05, 3.63) is 33.4 Å². The largest absolute Gasteiger partial charge is 0.392 e. The topological polar surface area (TPSA) is 110 Å². The fourth-order valence-electron chi connectivity index (χ4n) is 1.18. The summed E-state index contributed by atoms with van der Waals surface area (Å²) >= 11 is 0. The van der Waals surface area contributed by atoms with Crippen LogP contribution in [-0.2, 0) is 0 Å². The second-order valence-electron chi connectivity index (χ2n) is 2.85. The number of rotatable bonds is 2. The summed E-state index contributed by atoms with van der Waals surface area (Å²) in [6.45, 7) is 1.27. The lowest BCUT2D eigenvalue weighted by molar-refractivity contribution is -0.383. The summed E-state index contributed by atoms with van der Waals surface area (Å²) in [5, 5.41) is 19.3. The average Bonchev–Trinajstić information content (AvgIpc) is 2.16. The molecule has 6 heteroatoms. The standard InChI is InChI=1S/C9H7N3O3/c1-5(13)6-2-3-8(12(14)15)9(11)7(6)4-10/h2-3H,11H2,1H3. The zero-order valence-corrected chi connectivity index (χ0v) is 7.85. The zero-order valence-electron chi connectivity index (χ0n) is 7.85. The highest BCUT2D eigenvalue weighted by atomic mass is 16.6. The van der Waals surface area contributed by atoms with Gasteiger partial charge in [0.25, 0.3) is 5.69 Å². The van der Waals surface area contributed by atoms with E-state index in [1.54, 1.807) is 6.07 Å². The van der Waals surface area contributed by atoms with E-state index in [0.717, 1.165) is 6.07 Å². The Hall–Kier alpha value is -2.42. The van der Waals surface area contributed by atoms with Crippen LogP contribution in [0.4, 0.5) is 11.4 Å². The highest BCUT2D eigenvalue weighted by Crippen LogP contribution is 2.27. The fraction of sp³-hybridized carbons (Fsp3) is 0.111. The maximum atomic E-state index is 11.1. The minimum Gasteiger partial charge on any atom is -0.392 e. The van der Waals surface area contributed by atoms with Crippen LogP contribution in [-0.4, -0.2) is 10.7 Å². The van der Waals surface area contributed by atoms with Crippen LogP contribution < -0.4 is 5.73 Å². The van der Waals surface area contributed by atoms with Crippen LogP contribution in [0.2, 0.25) is 0 Å². The van der Waals surface area contributed by atoms with Gasteiger partial charge in [0.1, 0.15) is 11.8 Å². The Morgan fingerprint density at radius 3 is 2.60 bits per heavy atom. The van der Waals surface area contributed by atoms with Crippen molar-refractivity contribution in [3.63, 3.8) is 0 Å². The molecule has 0 heterocycles. The number of nitrogen functional groups attached to an aromatic ring is 1. The molecular formula is C9H7N3O3. The van der Waals surface area contributed by atoms with Crippen LogP contribution >= 0.6 is 0 Å². The maximum absolute atomic E-state index is 11.1. The van der Waals surface area contributed by atoms with Crippen LogP contribution in [0.15, 0.2) is 12.1 Å². The molecule has 6 nitrogen and oxygen atoms in total. The third kappa shape index (κ3) is 1.76. The molecule has 0 radical (unpaired) electrons. The first-order chi connectivity index (χ1) is 6.99. The van der Waals surface area contributed by atoms with Crippen LogP contribution in [0.1, 0.15) is 22.8 Å². The maximum Gasteiger partial charge on any atom is 0.293 e. The number of carbonyl (C=O) groups excluding carboxylic acids is 1. The Morgan fingerprint density at radius 2 is 2.20 bits per heavy atom. The van der Waals surface area contributed by atoms with Gasteiger partial charge in [-0.15, -0.1) is 0 Å². The van der Waals surface area contributed by atoms with Gasteiger partial charge < -0.3 is 5.73 Å². The summed E-state index contributed by atoms with van der Waals surface area (Å²) in [4.78, 5) is 20.9. The van der Waals surface area contributed by atoms with Crippen molar-refractivity contribution in [2.75, 3.05) is 5.73 Å². The zero-order chi connectivity index (χ0) is 11.6. The van der Waals surface area contributed by atoms with Crippen LogP contribution in [0.3, 0.4) is 0 Å². The quantitative estimate of drug-likeness (QED) is 0.338. The van der Waals surface area contributed by atoms with Gasteiger partial charge in [-0.1, -0.05) is 0 Å². The summed E-state index contributed by atoms with van der Waals surface area (Å²) in [6, 6.07) is 4.04. The third-order valence-corrected chi connectivity index (χ3v) is 1.91. The number of nitro benzene ring substituents is 1. The number of nitriles is 1. The molecule has 0 spiro atoms. The summed E-state index contributed by atoms with van der Waals surface area (Å²) in [7, 11) is 0. The summed E-state index contributed by atoms with van der Waals surface area (Å²) in [5.74, 6) is -0.354. The molecule has 0 fully saturated rings. The van der Waals surface area contributed by atoms with Crippen molar-refractivity contribution >= 4 is 17.2 Å². The second-order valence-corrected chi connectivity index (χ2v) is 2.85. The molecule has 0 aliphatic rings. The number of nitrogens with zero attached hydrogens (tertiary/aromatic N) is 2. The van der Waals surface area contributed by atoms with E-state index in [2.05, 4.69) is 0 Å². The Morgan fingerprint density at radius 1 is 1.60 bits per heavy atom. The second kappa shape index (κ2) is 3.75. The van der Waals surface area contributed by atoms with Gasteiger partial charge in [0.15, 0.2) is 5.78 Å². The molecule has 1 rings (SSSR count). The molecule has 1 aromatic carbocycles. The third-order valence-electron chi connectivity index (χ3n) is 1.91. The lowest BCUT2D eigenvalue weighted by atomic mass is 10.0. The van der Waals surface area contributed by atoms with E-state index in [1.165, 1.54) is 13.0 Å². The molecule has 76 valence electrons. The van der Waals surface area contributed by atoms with Crippen LogP contribution in [0.5, 0.6) is 0 Å². The Balaban J connectivity index is 3.55. The first-order valence-electron chi connectivity index (χ1n) is 3.97. The number of nitro groups is 1. The Kier molecular flexibility index (Phi) is 2.67. The van der Waals surface area contributed by atoms with Gasteiger partial charge in [-0.2, -0.15) is 5.26 Å². The first-order valence-corrected chi connectivity index (χ1v) is 3.97. The van der Waals surface area contributed by atoms with Gasteiger partial charge in [0.2, 0.25) is 0 Å². The predicted octanol–water partition coefficient (Wildman–Crippen LogP) is 1.25. The highest BCUT2D eigenvalue weighted by molar-refractivity contribution is 5.99. The molecule has 0 saturated carbocycles. The smallest absolute Gasteiger partial charge is 0.293 e. The number of ketones is 1. The molecule has 2 N–H and O–H groups in total.